The van der Waals surface area contributed by atoms with Crippen LogP contribution in [-0.2, 0) is 10.0 Å². The zero-order valence-corrected chi connectivity index (χ0v) is 14.0. The number of hydrogen-bond donors (Lipinski definition) is 2. The van der Waals surface area contributed by atoms with E-state index >= 15 is 0 Å². The highest BCUT2D eigenvalue weighted by atomic mass is 32.2. The fourth-order valence-corrected chi connectivity index (χ4v) is 3.92. The standard InChI is InChI=1S/C13H23N3O2S2/c1-5-11(8-19-4)16(3)12-6-10(14)7-13(9(12)2)20(15,17)18/h6-7,11H,5,8,14H2,1-4H3,(H2,15,17,18). The Hall–Kier alpha value is -0.920. The normalized spacial score (nSPS) is 13.2. The molecule has 7 heteroatoms. The van der Waals surface area contributed by atoms with Crippen LogP contribution in [0.3, 0.4) is 0 Å². The van der Waals surface area contributed by atoms with Gasteiger partial charge in [-0.05, 0) is 37.3 Å². The number of hydrogen-bond acceptors (Lipinski definition) is 5. The van der Waals surface area contributed by atoms with Crippen molar-refractivity contribution in [1.29, 1.82) is 0 Å². The number of nitrogens with two attached hydrogens (primary N) is 2. The molecule has 0 spiro atoms. The number of sulfonamides is 1. The Balaban J connectivity index is 3.35. The molecule has 0 fully saturated rings. The fraction of sp³-hybridized carbons (Fsp3) is 0.538. The fourth-order valence-electron chi connectivity index (χ4n) is 2.25. The molecule has 1 aromatic rings. The average Bonchev–Trinajstić information content (AvgIpc) is 2.36. The highest BCUT2D eigenvalue weighted by molar-refractivity contribution is 7.98. The smallest absolute Gasteiger partial charge is 0.238 e. The van der Waals surface area contributed by atoms with Crippen LogP contribution in [0.2, 0.25) is 0 Å². The lowest BCUT2D eigenvalue weighted by Crippen LogP contribution is -2.34. The zero-order chi connectivity index (χ0) is 15.5. The Morgan fingerprint density at radius 1 is 1.40 bits per heavy atom. The Labute approximate surface area is 125 Å². The van der Waals surface area contributed by atoms with E-state index in [0.29, 0.717) is 17.3 Å². The Bertz CT molecular complexity index is 573. The average molecular weight is 317 g/mol. The molecule has 0 radical (unpaired) electrons. The molecular weight excluding hydrogens is 294 g/mol. The number of thioether (sulfide) groups is 1. The summed E-state index contributed by atoms with van der Waals surface area (Å²) in [7, 11) is -1.81. The van der Waals surface area contributed by atoms with Gasteiger partial charge in [0, 0.05) is 30.2 Å². The lowest BCUT2D eigenvalue weighted by molar-refractivity contribution is 0.597. The van der Waals surface area contributed by atoms with Crippen molar-refractivity contribution in [1.82, 2.24) is 0 Å². The number of nitrogens with zero attached hydrogens (tertiary/aromatic N) is 1. The lowest BCUT2D eigenvalue weighted by Gasteiger charge is -2.31. The van der Waals surface area contributed by atoms with Gasteiger partial charge in [0.25, 0.3) is 0 Å². The Morgan fingerprint density at radius 3 is 2.45 bits per heavy atom. The quantitative estimate of drug-likeness (QED) is 0.781. The maximum atomic E-state index is 11.6. The largest absolute Gasteiger partial charge is 0.399 e. The molecule has 0 saturated heterocycles. The van der Waals surface area contributed by atoms with E-state index in [-0.39, 0.29) is 4.90 Å². The van der Waals surface area contributed by atoms with Crippen LogP contribution in [0, 0.1) is 6.92 Å². The molecule has 0 amide bonds. The van der Waals surface area contributed by atoms with Crippen LogP contribution in [0.4, 0.5) is 11.4 Å². The molecule has 1 rings (SSSR count). The van der Waals surface area contributed by atoms with Crippen molar-refractivity contribution in [3.8, 4) is 0 Å². The molecule has 0 aromatic heterocycles. The van der Waals surface area contributed by atoms with Crippen molar-refractivity contribution < 1.29 is 8.42 Å². The molecule has 5 nitrogen and oxygen atoms in total. The summed E-state index contributed by atoms with van der Waals surface area (Å²) in [4.78, 5) is 2.18. The van der Waals surface area contributed by atoms with Crippen LogP contribution in [0.5, 0.6) is 0 Å². The summed E-state index contributed by atoms with van der Waals surface area (Å²) in [6.45, 7) is 3.87. The number of benzene rings is 1. The summed E-state index contributed by atoms with van der Waals surface area (Å²) in [6.07, 6.45) is 3.02. The second kappa shape index (κ2) is 6.69. The van der Waals surface area contributed by atoms with Crippen LogP contribution in [0.25, 0.3) is 0 Å². The molecule has 0 saturated carbocycles. The molecule has 0 aliphatic rings. The highest BCUT2D eigenvalue weighted by Gasteiger charge is 2.20. The third-order valence-electron chi connectivity index (χ3n) is 3.42. The van der Waals surface area contributed by atoms with Crippen LogP contribution in [0.15, 0.2) is 17.0 Å². The maximum absolute atomic E-state index is 11.6. The molecule has 4 N–H and O–H groups in total. The van der Waals surface area contributed by atoms with Crippen molar-refractivity contribution in [2.24, 2.45) is 5.14 Å². The van der Waals surface area contributed by atoms with Crippen molar-refractivity contribution >= 4 is 33.2 Å². The van der Waals surface area contributed by atoms with Crippen molar-refractivity contribution in [2.45, 2.75) is 31.2 Å². The maximum Gasteiger partial charge on any atom is 0.238 e. The Morgan fingerprint density at radius 2 is 2.00 bits per heavy atom. The second-order valence-electron chi connectivity index (χ2n) is 4.84. The minimum Gasteiger partial charge on any atom is -0.399 e. The molecule has 1 unspecified atom stereocenters. The SMILES string of the molecule is CCC(CSC)N(C)c1cc(N)cc(S(N)(=O)=O)c1C. The van der Waals surface area contributed by atoms with Gasteiger partial charge in [-0.15, -0.1) is 0 Å². The number of nitrogen functional groups attached to an aromatic ring is 1. The first-order valence-corrected chi connectivity index (χ1v) is 9.31. The predicted octanol–water partition coefficient (Wildman–Crippen LogP) is 1.80. The van der Waals surface area contributed by atoms with E-state index in [1.54, 1.807) is 24.8 Å². The zero-order valence-electron chi connectivity index (χ0n) is 12.4. The van der Waals surface area contributed by atoms with Crippen molar-refractivity contribution in [3.05, 3.63) is 17.7 Å². The van der Waals surface area contributed by atoms with Crippen molar-refractivity contribution in [2.75, 3.05) is 29.7 Å². The summed E-state index contributed by atoms with van der Waals surface area (Å²) < 4.78 is 23.3. The minimum absolute atomic E-state index is 0.0957. The lowest BCUT2D eigenvalue weighted by atomic mass is 10.1. The molecule has 1 atom stereocenters. The molecule has 0 aliphatic heterocycles. The van der Waals surface area contributed by atoms with Gasteiger partial charge < -0.3 is 10.6 Å². The number of rotatable bonds is 6. The third kappa shape index (κ3) is 3.80. The van der Waals surface area contributed by atoms with E-state index in [1.165, 1.54) is 6.07 Å². The first-order valence-electron chi connectivity index (χ1n) is 6.37. The van der Waals surface area contributed by atoms with Crippen LogP contribution in [-0.4, -0.2) is 33.5 Å². The molecular formula is C13H23N3O2S2. The van der Waals surface area contributed by atoms with E-state index in [1.807, 2.05) is 7.05 Å². The molecule has 1 aromatic carbocycles. The third-order valence-corrected chi connectivity index (χ3v) is 5.17. The van der Waals surface area contributed by atoms with Crippen LogP contribution < -0.4 is 15.8 Å². The molecule has 0 heterocycles. The molecule has 20 heavy (non-hydrogen) atoms. The van der Waals surface area contributed by atoms with Crippen molar-refractivity contribution in [3.63, 3.8) is 0 Å². The summed E-state index contributed by atoms with van der Waals surface area (Å²) >= 11 is 1.76. The molecule has 0 bridgehead atoms. The monoisotopic (exact) mass is 317 g/mol. The van der Waals surface area contributed by atoms with Gasteiger partial charge >= 0.3 is 0 Å². The van der Waals surface area contributed by atoms with E-state index in [4.69, 9.17) is 10.9 Å². The predicted molar refractivity (Wildman–Crippen MR) is 87.8 cm³/mol. The first-order chi connectivity index (χ1) is 9.22. The van der Waals surface area contributed by atoms with Gasteiger partial charge in [0.15, 0.2) is 0 Å². The number of anilines is 2. The van der Waals surface area contributed by atoms with E-state index < -0.39 is 10.0 Å². The van der Waals surface area contributed by atoms with Gasteiger partial charge in [0.1, 0.15) is 0 Å². The molecule has 114 valence electrons. The summed E-state index contributed by atoms with van der Waals surface area (Å²) in [5.74, 6) is 0.964. The number of primary sulfonamides is 1. The minimum atomic E-state index is -3.77. The summed E-state index contributed by atoms with van der Waals surface area (Å²) in [6, 6.07) is 3.53. The summed E-state index contributed by atoms with van der Waals surface area (Å²) in [5.41, 5.74) is 7.69. The van der Waals surface area contributed by atoms with E-state index in [2.05, 4.69) is 18.1 Å². The Kier molecular flexibility index (Phi) is 5.73. The van der Waals surface area contributed by atoms with Gasteiger partial charge in [-0.3, -0.25) is 0 Å². The topological polar surface area (TPSA) is 89.4 Å². The van der Waals surface area contributed by atoms with Crippen LogP contribution >= 0.6 is 11.8 Å². The van der Waals surface area contributed by atoms with Crippen LogP contribution in [0.1, 0.15) is 18.9 Å². The second-order valence-corrected chi connectivity index (χ2v) is 7.28. The van der Waals surface area contributed by atoms with E-state index in [9.17, 15) is 8.42 Å². The summed E-state index contributed by atoms with van der Waals surface area (Å²) in [5, 5.41) is 5.26. The first kappa shape index (κ1) is 17.1. The van der Waals surface area contributed by atoms with Gasteiger partial charge in [-0.25, -0.2) is 13.6 Å². The van der Waals surface area contributed by atoms with Gasteiger partial charge in [0.2, 0.25) is 10.0 Å². The van der Waals surface area contributed by atoms with Gasteiger partial charge in [-0.1, -0.05) is 6.92 Å². The molecule has 0 aliphatic carbocycles. The highest BCUT2D eigenvalue weighted by Crippen LogP contribution is 2.30. The van der Waals surface area contributed by atoms with E-state index in [0.717, 1.165) is 17.9 Å². The van der Waals surface area contributed by atoms with Gasteiger partial charge in [0.05, 0.1) is 4.90 Å². The van der Waals surface area contributed by atoms with Gasteiger partial charge in [-0.2, -0.15) is 11.8 Å².